The van der Waals surface area contributed by atoms with Crippen LogP contribution in [0, 0.1) is 0 Å². The van der Waals surface area contributed by atoms with E-state index >= 15 is 0 Å². The van der Waals surface area contributed by atoms with Crippen molar-refractivity contribution in [2.45, 2.75) is 57.0 Å². The molecule has 0 radical (unpaired) electrons. The van der Waals surface area contributed by atoms with Gasteiger partial charge in [0.1, 0.15) is 0 Å². The van der Waals surface area contributed by atoms with Crippen LogP contribution in [0.5, 0.6) is 0 Å². The van der Waals surface area contributed by atoms with Crippen molar-refractivity contribution in [3.8, 4) is 0 Å². The van der Waals surface area contributed by atoms with Crippen LogP contribution in [-0.2, 0) is 6.42 Å². The summed E-state index contributed by atoms with van der Waals surface area (Å²) < 4.78 is 0. The van der Waals surface area contributed by atoms with Crippen molar-refractivity contribution < 1.29 is 0 Å². The van der Waals surface area contributed by atoms with Crippen LogP contribution in [-0.4, -0.2) is 12.1 Å². The lowest BCUT2D eigenvalue weighted by atomic mass is 9.89. The van der Waals surface area contributed by atoms with Crippen molar-refractivity contribution >= 4 is 5.69 Å². The normalized spacial score (nSPS) is 24.7. The number of fused-ring (bicyclic) bond motifs is 1. The van der Waals surface area contributed by atoms with Gasteiger partial charge in [0, 0.05) is 23.7 Å². The van der Waals surface area contributed by atoms with Crippen molar-refractivity contribution in [3.63, 3.8) is 0 Å². The SMILES string of the molecule is CC1C(Cc2ccccc2)c2ccccc2N1C1CCCC1. The van der Waals surface area contributed by atoms with Crippen molar-refractivity contribution in [2.75, 3.05) is 4.90 Å². The lowest BCUT2D eigenvalue weighted by Gasteiger charge is -2.33. The molecule has 2 unspecified atom stereocenters. The molecule has 2 aliphatic rings. The zero-order valence-corrected chi connectivity index (χ0v) is 13.4. The first-order chi connectivity index (χ1) is 10.8. The lowest BCUT2D eigenvalue weighted by Crippen LogP contribution is -2.39. The van der Waals surface area contributed by atoms with Crippen LogP contribution in [0.3, 0.4) is 0 Å². The lowest BCUT2D eigenvalue weighted by molar-refractivity contribution is 0.496. The van der Waals surface area contributed by atoms with Crippen molar-refractivity contribution in [1.29, 1.82) is 0 Å². The molecule has 114 valence electrons. The van der Waals surface area contributed by atoms with Crippen molar-refractivity contribution in [2.24, 2.45) is 0 Å². The summed E-state index contributed by atoms with van der Waals surface area (Å²) >= 11 is 0. The molecule has 2 aromatic carbocycles. The first-order valence-electron chi connectivity index (χ1n) is 8.76. The third kappa shape index (κ3) is 2.33. The Labute approximate surface area is 134 Å². The van der Waals surface area contributed by atoms with Gasteiger partial charge in [-0.25, -0.2) is 0 Å². The number of rotatable bonds is 3. The fourth-order valence-electron chi connectivity index (χ4n) is 4.57. The molecule has 2 atom stereocenters. The second-order valence-electron chi connectivity index (χ2n) is 6.94. The molecule has 0 saturated heterocycles. The molecular formula is C21H25N. The van der Waals surface area contributed by atoms with Gasteiger partial charge in [-0.15, -0.1) is 0 Å². The summed E-state index contributed by atoms with van der Waals surface area (Å²) in [6.07, 6.45) is 6.70. The highest BCUT2D eigenvalue weighted by molar-refractivity contribution is 5.63. The minimum Gasteiger partial charge on any atom is -0.365 e. The van der Waals surface area contributed by atoms with E-state index in [9.17, 15) is 0 Å². The molecular weight excluding hydrogens is 266 g/mol. The minimum absolute atomic E-state index is 0.612. The summed E-state index contributed by atoms with van der Waals surface area (Å²) in [5, 5.41) is 0. The van der Waals surface area contributed by atoms with Crippen LogP contribution in [0.4, 0.5) is 5.69 Å². The Morgan fingerprint density at radius 2 is 1.59 bits per heavy atom. The molecule has 4 rings (SSSR count). The number of hydrogen-bond acceptors (Lipinski definition) is 1. The molecule has 0 spiro atoms. The maximum absolute atomic E-state index is 2.75. The topological polar surface area (TPSA) is 3.24 Å². The van der Waals surface area contributed by atoms with Crippen molar-refractivity contribution in [1.82, 2.24) is 0 Å². The van der Waals surface area contributed by atoms with E-state index in [1.54, 1.807) is 5.56 Å². The molecule has 1 aliphatic heterocycles. The highest BCUT2D eigenvalue weighted by Crippen LogP contribution is 2.45. The molecule has 1 heterocycles. The Balaban J connectivity index is 1.67. The monoisotopic (exact) mass is 291 g/mol. The molecule has 1 heteroatoms. The van der Waals surface area contributed by atoms with Gasteiger partial charge in [-0.3, -0.25) is 0 Å². The number of nitrogens with zero attached hydrogens (tertiary/aromatic N) is 1. The second-order valence-corrected chi connectivity index (χ2v) is 6.94. The van der Waals surface area contributed by atoms with Gasteiger partial charge >= 0.3 is 0 Å². The van der Waals surface area contributed by atoms with E-state index in [1.807, 2.05) is 0 Å². The summed E-state index contributed by atoms with van der Waals surface area (Å²) in [6.45, 7) is 2.44. The van der Waals surface area contributed by atoms with Gasteiger partial charge in [-0.05, 0) is 43.4 Å². The molecule has 0 N–H and O–H groups in total. The summed E-state index contributed by atoms with van der Waals surface area (Å²) in [5.74, 6) is 0.624. The molecule has 0 bridgehead atoms. The van der Waals surface area contributed by atoms with Gasteiger partial charge in [-0.1, -0.05) is 61.4 Å². The smallest absolute Gasteiger partial charge is 0.0407 e. The Hall–Kier alpha value is -1.76. The predicted molar refractivity (Wildman–Crippen MR) is 93.5 cm³/mol. The fraction of sp³-hybridized carbons (Fsp3) is 0.429. The summed E-state index contributed by atoms with van der Waals surface area (Å²) in [7, 11) is 0. The van der Waals surface area contributed by atoms with E-state index in [1.165, 1.54) is 36.9 Å². The van der Waals surface area contributed by atoms with Crippen LogP contribution in [0.15, 0.2) is 54.6 Å². The van der Waals surface area contributed by atoms with Gasteiger partial charge in [0.05, 0.1) is 0 Å². The Morgan fingerprint density at radius 3 is 2.36 bits per heavy atom. The van der Waals surface area contributed by atoms with Gasteiger partial charge < -0.3 is 4.90 Å². The molecule has 1 fully saturated rings. The molecule has 1 nitrogen and oxygen atoms in total. The molecule has 22 heavy (non-hydrogen) atoms. The maximum Gasteiger partial charge on any atom is 0.0407 e. The van der Waals surface area contributed by atoms with Gasteiger partial charge in [-0.2, -0.15) is 0 Å². The quantitative estimate of drug-likeness (QED) is 0.754. The first kappa shape index (κ1) is 13.9. The third-order valence-electron chi connectivity index (χ3n) is 5.65. The molecule has 1 aliphatic carbocycles. The Bertz CT molecular complexity index is 627. The molecule has 0 aromatic heterocycles. The van der Waals surface area contributed by atoms with Crippen LogP contribution >= 0.6 is 0 Å². The van der Waals surface area contributed by atoms with Gasteiger partial charge in [0.15, 0.2) is 0 Å². The minimum atomic E-state index is 0.612. The molecule has 0 amide bonds. The highest BCUT2D eigenvalue weighted by Gasteiger charge is 2.39. The number of hydrogen-bond donors (Lipinski definition) is 0. The second kappa shape index (κ2) is 5.79. The van der Waals surface area contributed by atoms with E-state index in [-0.39, 0.29) is 0 Å². The summed E-state index contributed by atoms with van der Waals surface area (Å²) in [4.78, 5) is 2.75. The zero-order chi connectivity index (χ0) is 14.9. The van der Waals surface area contributed by atoms with Crippen molar-refractivity contribution in [3.05, 3.63) is 65.7 Å². The highest BCUT2D eigenvalue weighted by atomic mass is 15.2. The van der Waals surface area contributed by atoms with E-state index in [0.717, 1.165) is 12.5 Å². The number of benzene rings is 2. The van der Waals surface area contributed by atoms with E-state index in [4.69, 9.17) is 0 Å². The standard InChI is InChI=1S/C21H25N/c1-16-20(15-17-9-3-2-4-10-17)19-13-7-8-14-21(19)22(16)18-11-5-6-12-18/h2-4,7-10,13-14,16,18,20H,5-6,11-12,15H2,1H3. The number of anilines is 1. The van der Waals surface area contributed by atoms with Crippen LogP contribution in [0.1, 0.15) is 49.7 Å². The first-order valence-corrected chi connectivity index (χ1v) is 8.76. The summed E-state index contributed by atoms with van der Waals surface area (Å²) in [5.41, 5.74) is 4.52. The average molecular weight is 291 g/mol. The van der Waals surface area contributed by atoms with Gasteiger partial charge in [0.2, 0.25) is 0 Å². The van der Waals surface area contributed by atoms with E-state index in [2.05, 4.69) is 66.4 Å². The zero-order valence-electron chi connectivity index (χ0n) is 13.4. The Morgan fingerprint density at radius 1 is 0.909 bits per heavy atom. The van der Waals surface area contributed by atoms with Crippen LogP contribution in [0.2, 0.25) is 0 Å². The maximum atomic E-state index is 2.75. The third-order valence-corrected chi connectivity index (χ3v) is 5.65. The predicted octanol–water partition coefficient (Wildman–Crippen LogP) is 5.16. The van der Waals surface area contributed by atoms with Crippen LogP contribution < -0.4 is 4.90 Å². The molecule has 1 saturated carbocycles. The Kier molecular flexibility index (Phi) is 3.65. The number of para-hydroxylation sites is 1. The molecule has 2 aromatic rings. The average Bonchev–Trinajstić information content (AvgIpc) is 3.16. The largest absolute Gasteiger partial charge is 0.365 e. The fourth-order valence-corrected chi connectivity index (χ4v) is 4.57. The van der Waals surface area contributed by atoms with E-state index in [0.29, 0.717) is 12.0 Å². The van der Waals surface area contributed by atoms with Gasteiger partial charge in [0.25, 0.3) is 0 Å². The van der Waals surface area contributed by atoms with E-state index < -0.39 is 0 Å². The van der Waals surface area contributed by atoms with Crippen LogP contribution in [0.25, 0.3) is 0 Å². The summed E-state index contributed by atoms with van der Waals surface area (Å²) in [6, 6.07) is 21.5.